The Labute approximate surface area is 133 Å². The lowest BCUT2D eigenvalue weighted by Crippen LogP contribution is -2.16. The van der Waals surface area contributed by atoms with Crippen LogP contribution in [0.5, 0.6) is 0 Å². The smallest absolute Gasteiger partial charge is 0.302 e. The highest BCUT2D eigenvalue weighted by atomic mass is 16.5. The Morgan fingerprint density at radius 1 is 0.714 bits per heavy atom. The largest absolute Gasteiger partial charge is 0.463 e. The first-order valence-electron chi connectivity index (χ1n) is 9.37. The van der Waals surface area contributed by atoms with Gasteiger partial charge in [0.25, 0.3) is 0 Å². The van der Waals surface area contributed by atoms with Crippen LogP contribution in [0.25, 0.3) is 0 Å². The summed E-state index contributed by atoms with van der Waals surface area (Å²) in [5.74, 6) is -0.118. The Kier molecular flexibility index (Phi) is 15.5. The van der Waals surface area contributed by atoms with E-state index in [1.54, 1.807) is 0 Å². The van der Waals surface area contributed by atoms with Crippen LogP contribution in [0.4, 0.5) is 0 Å². The fourth-order valence-corrected chi connectivity index (χ4v) is 2.80. The molecule has 0 spiro atoms. The molecule has 0 heterocycles. The molecule has 0 bridgehead atoms. The van der Waals surface area contributed by atoms with E-state index in [1.165, 1.54) is 84.0 Å². The van der Waals surface area contributed by atoms with Gasteiger partial charge in [-0.15, -0.1) is 0 Å². The Morgan fingerprint density at radius 2 is 1.10 bits per heavy atom. The lowest BCUT2D eigenvalue weighted by Gasteiger charge is -2.16. The van der Waals surface area contributed by atoms with Gasteiger partial charge in [-0.3, -0.25) is 4.79 Å². The summed E-state index contributed by atoms with van der Waals surface area (Å²) in [4.78, 5) is 11.1. The van der Waals surface area contributed by atoms with E-state index in [4.69, 9.17) is 4.74 Å². The minimum Gasteiger partial charge on any atom is -0.463 e. The molecule has 0 aliphatic carbocycles. The molecule has 0 rings (SSSR count). The van der Waals surface area contributed by atoms with Crippen LogP contribution >= 0.6 is 0 Å². The van der Waals surface area contributed by atoms with Crippen molar-refractivity contribution in [2.45, 2.75) is 117 Å². The molecule has 126 valence electrons. The maximum absolute atomic E-state index is 11.1. The molecule has 0 aliphatic rings. The standard InChI is InChI=1S/C19H38O2/c1-4-6-8-9-10-11-12-13-15-17-19(21-18(3)20)16-14-7-5-2/h19H,4-17H2,1-3H3. The highest BCUT2D eigenvalue weighted by Crippen LogP contribution is 2.16. The maximum atomic E-state index is 11.1. The second kappa shape index (κ2) is 15.9. The van der Waals surface area contributed by atoms with E-state index in [0.717, 1.165) is 12.8 Å². The van der Waals surface area contributed by atoms with Crippen molar-refractivity contribution >= 4 is 5.97 Å². The predicted octanol–water partition coefficient (Wildman–Crippen LogP) is 6.42. The number of hydrogen-bond acceptors (Lipinski definition) is 2. The summed E-state index contributed by atoms with van der Waals surface area (Å²) in [6, 6.07) is 0. The minimum atomic E-state index is -0.118. The Balaban J connectivity index is 3.51. The van der Waals surface area contributed by atoms with Crippen molar-refractivity contribution in [2.75, 3.05) is 0 Å². The van der Waals surface area contributed by atoms with E-state index in [9.17, 15) is 4.79 Å². The van der Waals surface area contributed by atoms with Crippen LogP contribution in [0.2, 0.25) is 0 Å². The van der Waals surface area contributed by atoms with Gasteiger partial charge in [0, 0.05) is 6.92 Å². The summed E-state index contributed by atoms with van der Waals surface area (Å²) in [6.45, 7) is 6.00. The summed E-state index contributed by atoms with van der Waals surface area (Å²) in [5, 5.41) is 0. The highest BCUT2D eigenvalue weighted by molar-refractivity contribution is 5.66. The molecule has 2 nitrogen and oxygen atoms in total. The predicted molar refractivity (Wildman–Crippen MR) is 91.5 cm³/mol. The molecule has 0 aliphatic heterocycles. The number of esters is 1. The van der Waals surface area contributed by atoms with Crippen LogP contribution in [0.1, 0.15) is 111 Å². The van der Waals surface area contributed by atoms with Crippen LogP contribution < -0.4 is 0 Å². The third kappa shape index (κ3) is 15.7. The summed E-state index contributed by atoms with van der Waals surface area (Å²) >= 11 is 0. The van der Waals surface area contributed by atoms with Gasteiger partial charge in [-0.1, -0.05) is 78.1 Å². The molecule has 1 unspecified atom stereocenters. The average Bonchev–Trinajstić information content (AvgIpc) is 2.45. The zero-order chi connectivity index (χ0) is 15.8. The molecule has 0 radical (unpaired) electrons. The van der Waals surface area contributed by atoms with Gasteiger partial charge < -0.3 is 4.74 Å². The highest BCUT2D eigenvalue weighted by Gasteiger charge is 2.11. The van der Waals surface area contributed by atoms with Crippen LogP contribution in [-0.2, 0) is 9.53 Å². The third-order valence-electron chi connectivity index (χ3n) is 4.09. The molecule has 1 atom stereocenters. The van der Waals surface area contributed by atoms with Crippen LogP contribution in [-0.4, -0.2) is 12.1 Å². The van der Waals surface area contributed by atoms with E-state index in [-0.39, 0.29) is 12.1 Å². The first-order valence-corrected chi connectivity index (χ1v) is 9.37. The average molecular weight is 299 g/mol. The van der Waals surface area contributed by atoms with E-state index in [2.05, 4.69) is 13.8 Å². The van der Waals surface area contributed by atoms with Crippen molar-refractivity contribution in [3.8, 4) is 0 Å². The molecule has 0 aromatic heterocycles. The maximum Gasteiger partial charge on any atom is 0.302 e. The molecule has 0 aromatic carbocycles. The van der Waals surface area contributed by atoms with Gasteiger partial charge in [-0.25, -0.2) is 0 Å². The number of carbonyl (C=O) groups excluding carboxylic acids is 1. The van der Waals surface area contributed by atoms with Gasteiger partial charge in [0.2, 0.25) is 0 Å². The summed E-state index contributed by atoms with van der Waals surface area (Å²) in [5.41, 5.74) is 0. The van der Waals surface area contributed by atoms with E-state index in [0.29, 0.717) is 0 Å². The van der Waals surface area contributed by atoms with Gasteiger partial charge in [-0.05, 0) is 25.7 Å². The van der Waals surface area contributed by atoms with Crippen molar-refractivity contribution in [2.24, 2.45) is 0 Å². The third-order valence-corrected chi connectivity index (χ3v) is 4.09. The lowest BCUT2D eigenvalue weighted by atomic mass is 10.0. The molecule has 0 N–H and O–H groups in total. The number of unbranched alkanes of at least 4 members (excludes halogenated alkanes) is 10. The summed E-state index contributed by atoms with van der Waals surface area (Å²) in [6.07, 6.45) is 18.1. The number of ether oxygens (including phenoxy) is 1. The quantitative estimate of drug-likeness (QED) is 0.257. The van der Waals surface area contributed by atoms with Crippen molar-refractivity contribution in [1.29, 1.82) is 0 Å². The monoisotopic (exact) mass is 298 g/mol. The summed E-state index contributed by atoms with van der Waals surface area (Å²) in [7, 11) is 0. The zero-order valence-electron chi connectivity index (χ0n) is 14.8. The van der Waals surface area contributed by atoms with Crippen LogP contribution in [0, 0.1) is 0 Å². The molecule has 0 amide bonds. The van der Waals surface area contributed by atoms with E-state index < -0.39 is 0 Å². The Morgan fingerprint density at radius 3 is 1.57 bits per heavy atom. The van der Waals surface area contributed by atoms with E-state index >= 15 is 0 Å². The number of hydrogen-bond donors (Lipinski definition) is 0. The van der Waals surface area contributed by atoms with Crippen molar-refractivity contribution in [3.63, 3.8) is 0 Å². The molecule has 2 heteroatoms. The molecule has 21 heavy (non-hydrogen) atoms. The minimum absolute atomic E-state index is 0.118. The van der Waals surface area contributed by atoms with Crippen LogP contribution in [0.3, 0.4) is 0 Å². The number of carbonyl (C=O) groups is 1. The molecule has 0 aromatic rings. The zero-order valence-corrected chi connectivity index (χ0v) is 14.8. The van der Waals surface area contributed by atoms with Gasteiger partial charge >= 0.3 is 5.97 Å². The van der Waals surface area contributed by atoms with E-state index in [1.807, 2.05) is 0 Å². The fourth-order valence-electron chi connectivity index (χ4n) is 2.80. The van der Waals surface area contributed by atoms with Crippen molar-refractivity contribution < 1.29 is 9.53 Å². The second-order valence-corrected chi connectivity index (χ2v) is 6.34. The Bertz CT molecular complexity index is 226. The Hall–Kier alpha value is -0.530. The second-order valence-electron chi connectivity index (χ2n) is 6.34. The first-order chi connectivity index (χ1) is 10.2. The molecular weight excluding hydrogens is 260 g/mol. The first kappa shape index (κ1) is 20.5. The molecule has 0 saturated heterocycles. The normalized spacial score (nSPS) is 12.3. The molecular formula is C19H38O2. The lowest BCUT2D eigenvalue weighted by molar-refractivity contribution is -0.147. The van der Waals surface area contributed by atoms with Crippen molar-refractivity contribution in [3.05, 3.63) is 0 Å². The van der Waals surface area contributed by atoms with Crippen molar-refractivity contribution in [1.82, 2.24) is 0 Å². The SMILES string of the molecule is CCCCCCCCCCCC(CCCCC)OC(C)=O. The fraction of sp³-hybridized carbons (Fsp3) is 0.947. The van der Waals surface area contributed by atoms with Gasteiger partial charge in [0.05, 0.1) is 0 Å². The summed E-state index contributed by atoms with van der Waals surface area (Å²) < 4.78 is 5.43. The van der Waals surface area contributed by atoms with Crippen LogP contribution in [0.15, 0.2) is 0 Å². The van der Waals surface area contributed by atoms with Gasteiger partial charge in [0.15, 0.2) is 0 Å². The van der Waals surface area contributed by atoms with Gasteiger partial charge in [-0.2, -0.15) is 0 Å². The molecule has 0 fully saturated rings. The number of rotatable bonds is 15. The topological polar surface area (TPSA) is 26.3 Å². The van der Waals surface area contributed by atoms with Gasteiger partial charge in [0.1, 0.15) is 6.10 Å². The molecule has 0 saturated carbocycles.